The van der Waals surface area contributed by atoms with Crippen molar-refractivity contribution in [3.05, 3.63) is 66.2 Å². The minimum Gasteiger partial charge on any atom is -0.394 e. The van der Waals surface area contributed by atoms with Gasteiger partial charge >= 0.3 is 0 Å². The first kappa shape index (κ1) is 25.4. The van der Waals surface area contributed by atoms with Crippen molar-refractivity contribution in [1.82, 2.24) is 10.2 Å². The number of nitrogens with zero attached hydrogens (tertiary/aromatic N) is 1. The Morgan fingerprint density at radius 2 is 1.70 bits per heavy atom. The van der Waals surface area contributed by atoms with E-state index in [0.717, 1.165) is 5.56 Å². The zero-order valence-electron chi connectivity index (χ0n) is 21.5. The third-order valence-corrected chi connectivity index (χ3v) is 8.31. The molecule has 0 radical (unpaired) electrons. The molecule has 3 heterocycles. The number of hydrogen-bond donors (Lipinski definition) is 3. The zero-order valence-corrected chi connectivity index (χ0v) is 21.5. The summed E-state index contributed by atoms with van der Waals surface area (Å²) in [6, 6.07) is 16.5. The molecular formula is C29H35N3O5. The highest BCUT2D eigenvalue weighted by molar-refractivity contribution is 6.02. The van der Waals surface area contributed by atoms with E-state index in [9.17, 15) is 19.5 Å². The fourth-order valence-electron chi connectivity index (χ4n) is 6.82. The van der Waals surface area contributed by atoms with Crippen LogP contribution in [0.2, 0.25) is 0 Å². The van der Waals surface area contributed by atoms with Gasteiger partial charge in [0.1, 0.15) is 11.6 Å². The number of rotatable bonds is 8. The van der Waals surface area contributed by atoms with Gasteiger partial charge in [-0.15, -0.1) is 0 Å². The van der Waals surface area contributed by atoms with Crippen LogP contribution in [0.15, 0.2) is 60.7 Å². The normalized spacial score (nSPS) is 30.9. The van der Waals surface area contributed by atoms with E-state index in [4.69, 9.17) is 4.74 Å². The van der Waals surface area contributed by atoms with Crippen LogP contribution < -0.4 is 10.6 Å². The van der Waals surface area contributed by atoms with E-state index in [1.807, 2.05) is 69.3 Å². The number of carbonyl (C=O) groups excluding carboxylic acids is 3. The van der Waals surface area contributed by atoms with Crippen LogP contribution in [0.3, 0.4) is 0 Å². The monoisotopic (exact) mass is 505 g/mol. The maximum absolute atomic E-state index is 14.3. The first-order valence-corrected chi connectivity index (χ1v) is 13.1. The molecule has 5 rings (SSSR count). The summed E-state index contributed by atoms with van der Waals surface area (Å²) in [4.78, 5) is 43.4. The summed E-state index contributed by atoms with van der Waals surface area (Å²) < 4.78 is 6.77. The van der Waals surface area contributed by atoms with Crippen molar-refractivity contribution < 1.29 is 24.2 Å². The zero-order chi connectivity index (χ0) is 26.4. The molecule has 3 aliphatic rings. The molecule has 8 heteroatoms. The number of aliphatic hydroxyl groups is 1. The van der Waals surface area contributed by atoms with E-state index in [1.54, 1.807) is 12.1 Å². The van der Waals surface area contributed by atoms with Crippen LogP contribution in [0, 0.1) is 11.8 Å². The summed E-state index contributed by atoms with van der Waals surface area (Å²) in [5.41, 5.74) is -0.609. The number of fused-ring (bicyclic) bond motifs is 1. The van der Waals surface area contributed by atoms with Crippen LogP contribution >= 0.6 is 0 Å². The van der Waals surface area contributed by atoms with Crippen molar-refractivity contribution in [3.63, 3.8) is 0 Å². The van der Waals surface area contributed by atoms with Crippen LogP contribution in [0.25, 0.3) is 0 Å². The van der Waals surface area contributed by atoms with E-state index in [1.165, 1.54) is 4.90 Å². The molecule has 2 bridgehead atoms. The van der Waals surface area contributed by atoms with E-state index in [-0.39, 0.29) is 30.4 Å². The summed E-state index contributed by atoms with van der Waals surface area (Å²) in [5, 5.41) is 16.4. The summed E-state index contributed by atoms with van der Waals surface area (Å²) in [5.74, 6) is -2.51. The maximum Gasteiger partial charge on any atom is 0.246 e. The van der Waals surface area contributed by atoms with Gasteiger partial charge in [0, 0.05) is 11.7 Å². The van der Waals surface area contributed by atoms with Gasteiger partial charge in [-0.1, -0.05) is 55.5 Å². The molecule has 8 nitrogen and oxygen atoms in total. The topological polar surface area (TPSA) is 108 Å². The van der Waals surface area contributed by atoms with Gasteiger partial charge in [0.05, 0.1) is 30.1 Å². The number of anilines is 1. The molecule has 3 fully saturated rings. The number of likely N-dealkylation sites (tertiary alicyclic amines) is 1. The van der Waals surface area contributed by atoms with Gasteiger partial charge in [-0.05, 0) is 50.8 Å². The molecule has 6 atom stereocenters. The van der Waals surface area contributed by atoms with Gasteiger partial charge in [-0.2, -0.15) is 0 Å². The summed E-state index contributed by atoms with van der Waals surface area (Å²) in [6.45, 7) is 5.34. The summed E-state index contributed by atoms with van der Waals surface area (Å²) >= 11 is 0. The number of nitrogens with one attached hydrogen (secondary N) is 2. The number of carbonyl (C=O) groups is 3. The predicted octanol–water partition coefficient (Wildman–Crippen LogP) is 3.04. The molecule has 3 saturated heterocycles. The van der Waals surface area contributed by atoms with Gasteiger partial charge in [0.15, 0.2) is 0 Å². The highest BCUT2D eigenvalue weighted by Crippen LogP contribution is 2.65. The Labute approximate surface area is 217 Å². The second-order valence-electron chi connectivity index (χ2n) is 10.7. The first-order valence-electron chi connectivity index (χ1n) is 13.1. The number of aliphatic hydroxyl groups excluding tert-OH is 1. The van der Waals surface area contributed by atoms with Gasteiger partial charge < -0.3 is 25.4 Å². The highest BCUT2D eigenvalue weighted by Gasteiger charge is 2.79. The third kappa shape index (κ3) is 3.94. The van der Waals surface area contributed by atoms with Crippen LogP contribution in [-0.4, -0.2) is 57.6 Å². The SMILES string of the molecule is CC[C@@]12CCC3(O1)C(C(=O)NC(C)C)N([C@H](CO)c1ccccc1)C(=O)[C@@H]3[C@@H]2C(=O)Nc1ccccc1. The Morgan fingerprint density at radius 3 is 2.30 bits per heavy atom. The average molecular weight is 506 g/mol. The van der Waals surface area contributed by atoms with E-state index >= 15 is 0 Å². The molecule has 3 aliphatic heterocycles. The van der Waals surface area contributed by atoms with Crippen molar-refractivity contribution in [1.29, 1.82) is 0 Å². The Kier molecular flexibility index (Phi) is 6.58. The van der Waals surface area contributed by atoms with E-state index in [2.05, 4.69) is 10.6 Å². The smallest absolute Gasteiger partial charge is 0.246 e. The molecule has 0 aromatic heterocycles. The quantitative estimate of drug-likeness (QED) is 0.511. The fraction of sp³-hybridized carbons (Fsp3) is 0.483. The Morgan fingerprint density at radius 1 is 1.05 bits per heavy atom. The molecule has 2 aromatic rings. The lowest BCUT2D eigenvalue weighted by molar-refractivity contribution is -0.150. The minimum absolute atomic E-state index is 0.153. The maximum atomic E-state index is 14.3. The minimum atomic E-state index is -1.15. The summed E-state index contributed by atoms with van der Waals surface area (Å²) in [7, 11) is 0. The number of benzene rings is 2. The van der Waals surface area contributed by atoms with Gasteiger partial charge in [0.25, 0.3) is 0 Å². The largest absolute Gasteiger partial charge is 0.394 e. The summed E-state index contributed by atoms with van der Waals surface area (Å²) in [6.07, 6.45) is 1.62. The van der Waals surface area contributed by atoms with E-state index in [0.29, 0.717) is 24.9 Å². The van der Waals surface area contributed by atoms with Crippen molar-refractivity contribution in [2.75, 3.05) is 11.9 Å². The first-order chi connectivity index (χ1) is 17.8. The van der Waals surface area contributed by atoms with Crippen LogP contribution in [0.5, 0.6) is 0 Å². The molecule has 1 spiro atoms. The van der Waals surface area contributed by atoms with E-state index < -0.39 is 35.1 Å². The molecule has 37 heavy (non-hydrogen) atoms. The lowest BCUT2D eigenvalue weighted by Gasteiger charge is -2.37. The molecule has 3 amide bonds. The van der Waals surface area contributed by atoms with Gasteiger partial charge in [-0.3, -0.25) is 14.4 Å². The second-order valence-corrected chi connectivity index (χ2v) is 10.7. The third-order valence-electron chi connectivity index (χ3n) is 8.31. The van der Waals surface area contributed by atoms with Crippen LogP contribution in [0.1, 0.15) is 51.6 Å². The Hall–Kier alpha value is -3.23. The molecule has 3 N–H and O–H groups in total. The van der Waals surface area contributed by atoms with Gasteiger partial charge in [-0.25, -0.2) is 0 Å². The predicted molar refractivity (Wildman–Crippen MR) is 138 cm³/mol. The Balaban J connectivity index is 1.60. The highest BCUT2D eigenvalue weighted by atomic mass is 16.5. The molecule has 0 aliphatic carbocycles. The van der Waals surface area contributed by atoms with Crippen molar-refractivity contribution in [2.45, 2.75) is 69.4 Å². The Bertz CT molecular complexity index is 1170. The molecule has 2 aromatic carbocycles. The average Bonchev–Trinajstić information content (AvgIpc) is 3.49. The lowest BCUT2D eigenvalue weighted by atomic mass is 9.65. The fourth-order valence-corrected chi connectivity index (χ4v) is 6.82. The molecule has 196 valence electrons. The number of para-hydroxylation sites is 1. The van der Waals surface area contributed by atoms with Gasteiger partial charge in [0.2, 0.25) is 17.7 Å². The number of hydrogen-bond acceptors (Lipinski definition) is 5. The van der Waals surface area contributed by atoms with Crippen molar-refractivity contribution >= 4 is 23.4 Å². The van der Waals surface area contributed by atoms with Crippen molar-refractivity contribution in [3.8, 4) is 0 Å². The van der Waals surface area contributed by atoms with Crippen molar-refractivity contribution in [2.24, 2.45) is 11.8 Å². The number of ether oxygens (including phenoxy) is 1. The lowest BCUT2D eigenvalue weighted by Crippen LogP contribution is -2.57. The molecular weight excluding hydrogens is 470 g/mol. The van der Waals surface area contributed by atoms with Crippen LogP contribution in [-0.2, 0) is 19.1 Å². The number of amides is 3. The standard InChI is InChI=1S/C29H35N3O5/c1-4-28-15-16-29(37-28)23(22(28)25(34)31-20-13-9-6-10-14-20)27(36)32(24(29)26(35)30-18(2)3)21(17-33)19-11-7-5-8-12-19/h5-14,18,21-24,33H,4,15-17H2,1-3H3,(H,30,35)(H,31,34)/t21-,22-,23+,24?,28+,29?/m1/s1. The molecule has 0 saturated carbocycles. The van der Waals surface area contributed by atoms with Crippen LogP contribution in [0.4, 0.5) is 5.69 Å². The molecule has 2 unspecified atom stereocenters. The second kappa shape index (κ2) is 9.58.